The molecule has 0 fully saturated rings. The molecule has 0 unspecified atom stereocenters. The summed E-state index contributed by atoms with van der Waals surface area (Å²) in [7, 11) is 1.89. The lowest BCUT2D eigenvalue weighted by Gasteiger charge is -2.19. The van der Waals surface area contributed by atoms with E-state index in [-0.39, 0.29) is 5.91 Å². The Bertz CT molecular complexity index is 429. The van der Waals surface area contributed by atoms with Crippen LogP contribution in [0.4, 0.5) is 0 Å². The molecule has 1 aromatic rings. The summed E-state index contributed by atoms with van der Waals surface area (Å²) >= 11 is 0. The molecule has 0 aliphatic heterocycles. The maximum absolute atomic E-state index is 12.1. The van der Waals surface area contributed by atoms with E-state index in [1.807, 2.05) is 11.9 Å². The Hall–Kier alpha value is -1.35. The van der Waals surface area contributed by atoms with Gasteiger partial charge in [-0.1, -0.05) is 36.6 Å². The first-order chi connectivity index (χ1) is 9.54. The summed E-state index contributed by atoms with van der Waals surface area (Å²) in [5.41, 5.74) is 9.21. The van der Waals surface area contributed by atoms with Gasteiger partial charge in [0.15, 0.2) is 0 Å². The van der Waals surface area contributed by atoms with Gasteiger partial charge in [-0.2, -0.15) is 0 Å². The van der Waals surface area contributed by atoms with Crippen LogP contribution in [-0.4, -0.2) is 24.4 Å². The predicted octanol–water partition coefficient (Wildman–Crippen LogP) is 3.17. The van der Waals surface area contributed by atoms with Crippen LogP contribution in [0.5, 0.6) is 0 Å². The molecule has 0 atom stereocenters. The molecule has 1 aromatic carbocycles. The molecule has 0 saturated carbocycles. The van der Waals surface area contributed by atoms with Crippen molar-refractivity contribution in [2.24, 2.45) is 5.73 Å². The summed E-state index contributed by atoms with van der Waals surface area (Å²) in [4.78, 5) is 13.9. The lowest BCUT2D eigenvalue weighted by molar-refractivity contribution is -0.130. The smallest absolute Gasteiger partial charge is 0.222 e. The number of carbonyl (C=O) groups is 1. The fourth-order valence-corrected chi connectivity index (χ4v) is 2.33. The van der Waals surface area contributed by atoms with E-state index in [2.05, 4.69) is 32.0 Å². The van der Waals surface area contributed by atoms with Crippen molar-refractivity contribution in [1.29, 1.82) is 0 Å². The number of amides is 1. The van der Waals surface area contributed by atoms with Gasteiger partial charge in [-0.3, -0.25) is 4.79 Å². The van der Waals surface area contributed by atoms with E-state index < -0.39 is 0 Å². The van der Waals surface area contributed by atoms with Crippen LogP contribution in [0.25, 0.3) is 0 Å². The third kappa shape index (κ3) is 5.74. The van der Waals surface area contributed by atoms with Crippen molar-refractivity contribution in [1.82, 2.24) is 4.90 Å². The monoisotopic (exact) mass is 276 g/mol. The van der Waals surface area contributed by atoms with E-state index in [4.69, 9.17) is 5.73 Å². The van der Waals surface area contributed by atoms with Crippen LogP contribution in [0, 0.1) is 13.8 Å². The van der Waals surface area contributed by atoms with Gasteiger partial charge >= 0.3 is 0 Å². The number of carbonyl (C=O) groups excluding carboxylic acids is 1. The lowest BCUT2D eigenvalue weighted by atomic mass is 10.1. The van der Waals surface area contributed by atoms with Crippen LogP contribution < -0.4 is 5.73 Å². The maximum atomic E-state index is 12.1. The fraction of sp³-hybridized carbons (Fsp3) is 0.588. The number of hydrogen-bond acceptors (Lipinski definition) is 2. The highest BCUT2D eigenvalue weighted by atomic mass is 16.2. The number of nitrogens with zero attached hydrogens (tertiary/aromatic N) is 1. The molecule has 0 aromatic heterocycles. The molecule has 112 valence electrons. The van der Waals surface area contributed by atoms with Crippen molar-refractivity contribution in [3.05, 3.63) is 34.9 Å². The average molecular weight is 276 g/mol. The van der Waals surface area contributed by atoms with Crippen molar-refractivity contribution in [3.8, 4) is 0 Å². The molecule has 0 spiro atoms. The Kier molecular flexibility index (Phi) is 7.31. The first-order valence-corrected chi connectivity index (χ1v) is 7.54. The molecule has 0 radical (unpaired) electrons. The fourth-order valence-electron chi connectivity index (χ4n) is 2.33. The summed E-state index contributed by atoms with van der Waals surface area (Å²) in [6.45, 7) is 5.65. The molecular formula is C17H28N2O. The summed E-state index contributed by atoms with van der Waals surface area (Å²) in [5.74, 6) is 0.234. The van der Waals surface area contributed by atoms with Crippen LogP contribution in [0.1, 0.15) is 48.8 Å². The molecule has 1 rings (SSSR count). The molecule has 0 heterocycles. The number of aryl methyl sites for hydroxylation is 2. The van der Waals surface area contributed by atoms with Gasteiger partial charge < -0.3 is 10.6 Å². The number of nitrogens with two attached hydrogens (primary N) is 1. The molecular weight excluding hydrogens is 248 g/mol. The molecule has 0 aliphatic rings. The van der Waals surface area contributed by atoms with Gasteiger partial charge in [0.1, 0.15) is 0 Å². The zero-order valence-electron chi connectivity index (χ0n) is 13.1. The SMILES string of the molecule is Cc1ccc(CN(C)C(=O)CCCCCCN)c(C)c1. The van der Waals surface area contributed by atoms with Gasteiger partial charge in [0.25, 0.3) is 0 Å². The number of hydrogen-bond donors (Lipinski definition) is 1. The molecule has 3 nitrogen and oxygen atoms in total. The Labute approximate surface area is 123 Å². The minimum Gasteiger partial charge on any atom is -0.341 e. The Morgan fingerprint density at radius 2 is 1.85 bits per heavy atom. The zero-order chi connectivity index (χ0) is 15.0. The Balaban J connectivity index is 2.37. The van der Waals surface area contributed by atoms with Gasteiger partial charge in [-0.25, -0.2) is 0 Å². The summed E-state index contributed by atoms with van der Waals surface area (Å²) in [6, 6.07) is 6.39. The maximum Gasteiger partial charge on any atom is 0.222 e. The highest BCUT2D eigenvalue weighted by Crippen LogP contribution is 2.13. The van der Waals surface area contributed by atoms with Crippen LogP contribution >= 0.6 is 0 Å². The number of benzene rings is 1. The highest BCUT2D eigenvalue weighted by Gasteiger charge is 2.10. The molecule has 0 bridgehead atoms. The third-order valence-electron chi connectivity index (χ3n) is 3.68. The molecule has 0 aliphatic carbocycles. The van der Waals surface area contributed by atoms with Crippen molar-refractivity contribution in [2.75, 3.05) is 13.6 Å². The topological polar surface area (TPSA) is 46.3 Å². The summed E-state index contributed by atoms with van der Waals surface area (Å²) in [6.07, 6.45) is 4.90. The standard InChI is InChI=1S/C17H28N2O/c1-14-9-10-16(15(2)12-14)13-19(3)17(20)8-6-4-5-7-11-18/h9-10,12H,4-8,11,13,18H2,1-3H3. The number of rotatable bonds is 8. The molecule has 0 saturated heterocycles. The minimum absolute atomic E-state index is 0.234. The second kappa shape index (κ2) is 8.75. The van der Waals surface area contributed by atoms with Gasteiger partial charge in [-0.15, -0.1) is 0 Å². The summed E-state index contributed by atoms with van der Waals surface area (Å²) < 4.78 is 0. The summed E-state index contributed by atoms with van der Waals surface area (Å²) in [5, 5.41) is 0. The van der Waals surface area contributed by atoms with E-state index in [0.717, 1.165) is 32.2 Å². The highest BCUT2D eigenvalue weighted by molar-refractivity contribution is 5.75. The largest absolute Gasteiger partial charge is 0.341 e. The van der Waals surface area contributed by atoms with E-state index in [0.29, 0.717) is 13.0 Å². The van der Waals surface area contributed by atoms with E-state index >= 15 is 0 Å². The van der Waals surface area contributed by atoms with Crippen LogP contribution in [0.2, 0.25) is 0 Å². The molecule has 3 heteroatoms. The molecule has 2 N–H and O–H groups in total. The third-order valence-corrected chi connectivity index (χ3v) is 3.68. The van der Waals surface area contributed by atoms with Crippen molar-refractivity contribution in [2.45, 2.75) is 52.5 Å². The Morgan fingerprint density at radius 1 is 1.15 bits per heavy atom. The van der Waals surface area contributed by atoms with Crippen LogP contribution in [-0.2, 0) is 11.3 Å². The van der Waals surface area contributed by atoms with Gasteiger partial charge in [-0.05, 0) is 44.4 Å². The average Bonchev–Trinajstić information content (AvgIpc) is 2.41. The first-order valence-electron chi connectivity index (χ1n) is 7.54. The van der Waals surface area contributed by atoms with Crippen LogP contribution in [0.15, 0.2) is 18.2 Å². The molecule has 1 amide bonds. The van der Waals surface area contributed by atoms with Gasteiger partial charge in [0, 0.05) is 20.0 Å². The number of unbranched alkanes of at least 4 members (excludes halogenated alkanes) is 3. The molecule has 20 heavy (non-hydrogen) atoms. The second-order valence-electron chi connectivity index (χ2n) is 5.63. The predicted molar refractivity (Wildman–Crippen MR) is 84.5 cm³/mol. The van der Waals surface area contributed by atoms with E-state index in [9.17, 15) is 4.79 Å². The zero-order valence-corrected chi connectivity index (χ0v) is 13.1. The van der Waals surface area contributed by atoms with Crippen molar-refractivity contribution < 1.29 is 4.79 Å². The normalized spacial score (nSPS) is 10.6. The van der Waals surface area contributed by atoms with E-state index in [1.165, 1.54) is 16.7 Å². The van der Waals surface area contributed by atoms with Crippen molar-refractivity contribution >= 4 is 5.91 Å². The van der Waals surface area contributed by atoms with Crippen LogP contribution in [0.3, 0.4) is 0 Å². The van der Waals surface area contributed by atoms with Gasteiger partial charge in [0.05, 0.1) is 0 Å². The lowest BCUT2D eigenvalue weighted by Crippen LogP contribution is -2.26. The second-order valence-corrected chi connectivity index (χ2v) is 5.63. The first kappa shape index (κ1) is 16.7. The van der Waals surface area contributed by atoms with Gasteiger partial charge in [0.2, 0.25) is 5.91 Å². The van der Waals surface area contributed by atoms with E-state index in [1.54, 1.807) is 0 Å². The Morgan fingerprint density at radius 3 is 2.50 bits per heavy atom. The van der Waals surface area contributed by atoms with Crippen molar-refractivity contribution in [3.63, 3.8) is 0 Å². The minimum atomic E-state index is 0.234. The quantitative estimate of drug-likeness (QED) is 0.741.